The van der Waals surface area contributed by atoms with Gasteiger partial charge in [-0.25, -0.2) is 0 Å². The molecule has 4 aliphatic carbocycles. The van der Waals surface area contributed by atoms with Gasteiger partial charge in [0, 0.05) is 25.3 Å². The molecule has 4 fully saturated rings. The third-order valence-electron chi connectivity index (χ3n) is 7.16. The molecule has 5 rings (SSSR count). The molecule has 1 aromatic carbocycles. The molecular weight excluding hydrogens is 427 g/mol. The van der Waals surface area contributed by atoms with Crippen LogP contribution in [0.1, 0.15) is 56.6 Å². The molecule has 0 aliphatic heterocycles. The molecule has 0 saturated heterocycles. The maximum absolute atomic E-state index is 5.91. The molecule has 25 heavy (non-hydrogen) atoms. The van der Waals surface area contributed by atoms with Gasteiger partial charge in [0.1, 0.15) is 5.75 Å². The first-order valence-corrected chi connectivity index (χ1v) is 10.5. The highest BCUT2D eigenvalue weighted by atomic mass is 127. The SMILES string of the molecule is COc1c(I)cc(C(C)(OC)OC)cc1C12CC3CC(CC(C3)C1)C2. The van der Waals surface area contributed by atoms with Gasteiger partial charge in [0.15, 0.2) is 5.79 Å². The van der Waals surface area contributed by atoms with Gasteiger partial charge in [-0.15, -0.1) is 0 Å². The fourth-order valence-corrected chi connectivity index (χ4v) is 7.06. The molecule has 0 spiro atoms. The van der Waals surface area contributed by atoms with Crippen LogP contribution < -0.4 is 4.74 Å². The van der Waals surface area contributed by atoms with Gasteiger partial charge in [0.05, 0.1) is 10.7 Å². The van der Waals surface area contributed by atoms with Crippen molar-refractivity contribution in [3.63, 3.8) is 0 Å². The van der Waals surface area contributed by atoms with Gasteiger partial charge >= 0.3 is 0 Å². The maximum atomic E-state index is 5.91. The molecule has 0 atom stereocenters. The Balaban J connectivity index is 1.85. The van der Waals surface area contributed by atoms with Crippen LogP contribution in [-0.2, 0) is 20.7 Å². The molecule has 1 aromatic rings. The van der Waals surface area contributed by atoms with Crippen molar-refractivity contribution in [3.8, 4) is 5.75 Å². The first-order chi connectivity index (χ1) is 11.9. The van der Waals surface area contributed by atoms with E-state index in [1.165, 1.54) is 44.1 Å². The van der Waals surface area contributed by atoms with E-state index in [9.17, 15) is 0 Å². The minimum absolute atomic E-state index is 0.290. The largest absolute Gasteiger partial charge is 0.495 e. The molecule has 0 aromatic heterocycles. The normalized spacial score (nSPS) is 33.7. The standard InChI is InChI=1S/C21H29IO3/c1-20(24-3,25-4)16-8-17(19(23-2)18(22)9-16)21-10-13-5-14(11-21)7-15(6-13)12-21/h8-9,13-15H,5-7,10-12H2,1-4H3. The van der Waals surface area contributed by atoms with Gasteiger partial charge in [0.25, 0.3) is 0 Å². The van der Waals surface area contributed by atoms with Crippen molar-refractivity contribution in [2.45, 2.75) is 56.7 Å². The summed E-state index contributed by atoms with van der Waals surface area (Å²) in [7, 11) is 5.24. The zero-order valence-corrected chi connectivity index (χ0v) is 17.9. The van der Waals surface area contributed by atoms with E-state index in [1.54, 1.807) is 14.2 Å². The van der Waals surface area contributed by atoms with Crippen LogP contribution in [0, 0.1) is 21.3 Å². The van der Waals surface area contributed by atoms with E-state index in [2.05, 4.69) is 34.7 Å². The van der Waals surface area contributed by atoms with E-state index in [1.807, 2.05) is 14.0 Å². The summed E-state index contributed by atoms with van der Waals surface area (Å²) in [4.78, 5) is 0. The van der Waals surface area contributed by atoms with Crippen molar-refractivity contribution in [1.29, 1.82) is 0 Å². The summed E-state index contributed by atoms with van der Waals surface area (Å²) in [5, 5.41) is 0. The fraction of sp³-hybridized carbons (Fsp3) is 0.714. The number of benzene rings is 1. The lowest BCUT2D eigenvalue weighted by atomic mass is 9.48. The molecule has 0 heterocycles. The number of methoxy groups -OCH3 is 3. The lowest BCUT2D eigenvalue weighted by molar-refractivity contribution is -0.202. The van der Waals surface area contributed by atoms with E-state index >= 15 is 0 Å². The van der Waals surface area contributed by atoms with Crippen LogP contribution in [0.4, 0.5) is 0 Å². The third-order valence-corrected chi connectivity index (χ3v) is 7.96. The lowest BCUT2D eigenvalue weighted by Gasteiger charge is -2.57. The highest BCUT2D eigenvalue weighted by Gasteiger charge is 2.53. The summed E-state index contributed by atoms with van der Waals surface area (Å²) in [6, 6.07) is 4.47. The van der Waals surface area contributed by atoms with Gasteiger partial charge < -0.3 is 14.2 Å². The van der Waals surface area contributed by atoms with Gasteiger partial charge in [-0.05, 0) is 103 Å². The van der Waals surface area contributed by atoms with Crippen LogP contribution in [0.25, 0.3) is 0 Å². The van der Waals surface area contributed by atoms with E-state index in [0.717, 1.165) is 32.6 Å². The number of rotatable bonds is 5. The molecular formula is C21H29IO3. The minimum atomic E-state index is -0.719. The monoisotopic (exact) mass is 456 g/mol. The Morgan fingerprint density at radius 3 is 1.92 bits per heavy atom. The molecule has 4 heteroatoms. The summed E-state index contributed by atoms with van der Waals surface area (Å²) < 4.78 is 18.5. The second-order valence-electron chi connectivity index (χ2n) is 8.59. The Bertz CT molecular complexity index is 630. The molecule has 4 bridgehead atoms. The zero-order valence-electron chi connectivity index (χ0n) is 15.7. The molecule has 3 nitrogen and oxygen atoms in total. The number of hydrogen-bond donors (Lipinski definition) is 0. The van der Waals surface area contributed by atoms with E-state index in [-0.39, 0.29) is 0 Å². The third kappa shape index (κ3) is 2.83. The van der Waals surface area contributed by atoms with Gasteiger partial charge in [0.2, 0.25) is 0 Å². The van der Waals surface area contributed by atoms with Gasteiger partial charge in [-0.2, -0.15) is 0 Å². The molecule has 0 amide bonds. The molecule has 4 aliphatic rings. The average Bonchev–Trinajstić information content (AvgIpc) is 2.59. The van der Waals surface area contributed by atoms with Crippen LogP contribution in [0.3, 0.4) is 0 Å². The van der Waals surface area contributed by atoms with Crippen LogP contribution in [0.2, 0.25) is 0 Å². The summed E-state index contributed by atoms with van der Waals surface area (Å²) in [6.07, 6.45) is 8.33. The Hall–Kier alpha value is -0.330. The van der Waals surface area contributed by atoms with Crippen LogP contribution in [-0.4, -0.2) is 21.3 Å². The number of hydrogen-bond acceptors (Lipinski definition) is 3. The van der Waals surface area contributed by atoms with E-state index in [4.69, 9.17) is 14.2 Å². The summed E-state index contributed by atoms with van der Waals surface area (Å²) in [5.74, 6) is 3.08. The van der Waals surface area contributed by atoms with Crippen molar-refractivity contribution in [3.05, 3.63) is 26.8 Å². The van der Waals surface area contributed by atoms with Crippen LogP contribution >= 0.6 is 22.6 Å². The van der Waals surface area contributed by atoms with Crippen molar-refractivity contribution in [2.24, 2.45) is 17.8 Å². The molecule has 0 N–H and O–H groups in total. The Morgan fingerprint density at radius 2 is 1.48 bits per heavy atom. The van der Waals surface area contributed by atoms with Crippen molar-refractivity contribution < 1.29 is 14.2 Å². The van der Waals surface area contributed by atoms with Crippen molar-refractivity contribution >= 4 is 22.6 Å². The quantitative estimate of drug-likeness (QED) is 0.449. The molecule has 0 unspecified atom stereocenters. The zero-order chi connectivity index (χ0) is 17.8. The van der Waals surface area contributed by atoms with E-state index < -0.39 is 5.79 Å². The number of ether oxygens (including phenoxy) is 3. The van der Waals surface area contributed by atoms with E-state index in [0.29, 0.717) is 5.41 Å². The first-order valence-electron chi connectivity index (χ1n) is 9.42. The van der Waals surface area contributed by atoms with Crippen LogP contribution in [0.5, 0.6) is 5.75 Å². The van der Waals surface area contributed by atoms with Crippen molar-refractivity contribution in [2.75, 3.05) is 21.3 Å². The van der Waals surface area contributed by atoms with Gasteiger partial charge in [-0.3, -0.25) is 0 Å². The Labute approximate surface area is 164 Å². The minimum Gasteiger partial charge on any atom is -0.495 e. The highest BCUT2D eigenvalue weighted by Crippen LogP contribution is 2.62. The van der Waals surface area contributed by atoms with Gasteiger partial charge in [-0.1, -0.05) is 0 Å². The molecule has 4 saturated carbocycles. The number of halogens is 1. The van der Waals surface area contributed by atoms with Crippen molar-refractivity contribution in [1.82, 2.24) is 0 Å². The predicted molar refractivity (Wildman–Crippen MR) is 107 cm³/mol. The summed E-state index contributed by atoms with van der Waals surface area (Å²) in [6.45, 7) is 1.99. The average molecular weight is 456 g/mol. The first kappa shape index (κ1) is 18.1. The second-order valence-corrected chi connectivity index (χ2v) is 9.75. The Morgan fingerprint density at radius 1 is 0.960 bits per heavy atom. The second kappa shape index (κ2) is 6.38. The maximum Gasteiger partial charge on any atom is 0.191 e. The summed E-state index contributed by atoms with van der Waals surface area (Å²) in [5.41, 5.74) is 2.78. The molecule has 138 valence electrons. The summed E-state index contributed by atoms with van der Waals surface area (Å²) >= 11 is 2.41. The lowest BCUT2D eigenvalue weighted by Crippen LogP contribution is -2.48. The highest BCUT2D eigenvalue weighted by molar-refractivity contribution is 14.1. The van der Waals surface area contributed by atoms with Crippen LogP contribution in [0.15, 0.2) is 12.1 Å². The molecule has 0 radical (unpaired) electrons. The predicted octanol–water partition coefficient (Wildman–Crippen LogP) is 5.23. The Kier molecular flexibility index (Phi) is 4.61. The fourth-order valence-electron chi connectivity index (χ4n) is 6.22. The smallest absolute Gasteiger partial charge is 0.191 e. The topological polar surface area (TPSA) is 27.7 Å².